The summed E-state index contributed by atoms with van der Waals surface area (Å²) in [5, 5.41) is 7.45. The van der Waals surface area contributed by atoms with Crippen LogP contribution in [0.15, 0.2) is 4.52 Å². The molecule has 1 aromatic rings. The Bertz CT molecular complexity index is 437. The Morgan fingerprint density at radius 2 is 2.40 bits per heavy atom. The van der Waals surface area contributed by atoms with Gasteiger partial charge in [0, 0.05) is 25.0 Å². The van der Waals surface area contributed by atoms with E-state index in [1.807, 2.05) is 0 Å². The number of aromatic nitrogens is 2. The highest BCUT2D eigenvalue weighted by Gasteiger charge is 2.34. The average molecular weight is 280 g/mol. The predicted octanol–water partition coefficient (Wildman–Crippen LogP) is 1.15. The third kappa shape index (κ3) is 3.02. The summed E-state index contributed by atoms with van der Waals surface area (Å²) < 4.78 is 11.2. The van der Waals surface area contributed by atoms with Crippen LogP contribution in [0.4, 0.5) is 0 Å². The van der Waals surface area contributed by atoms with Gasteiger partial charge in [0.1, 0.15) is 6.10 Å². The molecule has 2 aliphatic heterocycles. The minimum atomic E-state index is -0.0312. The molecule has 1 aromatic heterocycles. The van der Waals surface area contributed by atoms with Crippen LogP contribution in [0.25, 0.3) is 0 Å². The largest absolute Gasteiger partial charge is 0.367 e. The first-order valence-electron chi connectivity index (χ1n) is 7.67. The molecule has 1 N–H and O–H groups in total. The first-order chi connectivity index (χ1) is 9.76. The first-order valence-corrected chi connectivity index (χ1v) is 7.67. The molecule has 0 aliphatic carbocycles. The van der Waals surface area contributed by atoms with Gasteiger partial charge in [-0.25, -0.2) is 0 Å². The van der Waals surface area contributed by atoms with Gasteiger partial charge in [0.2, 0.25) is 11.7 Å². The maximum atomic E-state index is 5.90. The highest BCUT2D eigenvalue weighted by Crippen LogP contribution is 2.28. The van der Waals surface area contributed by atoms with Gasteiger partial charge >= 0.3 is 0 Å². The molecule has 112 valence electrons. The van der Waals surface area contributed by atoms with Crippen LogP contribution < -0.4 is 5.32 Å². The number of hydrogen-bond acceptors (Lipinski definition) is 6. The molecular formula is C14H24N4O2. The minimum Gasteiger partial charge on any atom is -0.367 e. The Hall–Kier alpha value is -0.980. The molecule has 3 atom stereocenters. The molecule has 0 amide bonds. The summed E-state index contributed by atoms with van der Waals surface area (Å²) in [5.74, 6) is 1.40. The normalized spacial score (nSPS) is 28.5. The Balaban J connectivity index is 1.59. The zero-order valence-corrected chi connectivity index (χ0v) is 12.3. The summed E-state index contributed by atoms with van der Waals surface area (Å²) in [7, 11) is 0. The van der Waals surface area contributed by atoms with Gasteiger partial charge in [0.05, 0.1) is 6.61 Å². The topological polar surface area (TPSA) is 63.4 Å². The molecule has 3 heterocycles. The molecule has 2 saturated heterocycles. The monoisotopic (exact) mass is 280 g/mol. The number of fused-ring (bicyclic) bond motifs is 1. The van der Waals surface area contributed by atoms with E-state index >= 15 is 0 Å². The maximum Gasteiger partial charge on any atom is 0.228 e. The number of nitrogens with zero attached hydrogens (tertiary/aromatic N) is 3. The van der Waals surface area contributed by atoms with E-state index in [-0.39, 0.29) is 6.10 Å². The quantitative estimate of drug-likeness (QED) is 0.873. The van der Waals surface area contributed by atoms with Crippen molar-refractivity contribution in [2.24, 2.45) is 0 Å². The summed E-state index contributed by atoms with van der Waals surface area (Å²) in [6.07, 6.45) is 3.26. The van der Waals surface area contributed by atoms with Gasteiger partial charge < -0.3 is 14.6 Å². The van der Waals surface area contributed by atoms with Crippen molar-refractivity contribution in [3.05, 3.63) is 11.7 Å². The van der Waals surface area contributed by atoms with Crippen molar-refractivity contribution in [3.63, 3.8) is 0 Å². The van der Waals surface area contributed by atoms with Crippen molar-refractivity contribution in [1.82, 2.24) is 20.4 Å². The van der Waals surface area contributed by atoms with E-state index in [0.29, 0.717) is 23.8 Å². The molecule has 6 heteroatoms. The van der Waals surface area contributed by atoms with Gasteiger partial charge in [-0.1, -0.05) is 12.1 Å². The van der Waals surface area contributed by atoms with Crippen molar-refractivity contribution >= 4 is 0 Å². The standard InChI is InChI=1S/C14H24N4O2/c1-3-15-10(2)7-13-16-14(17-20-13)12-8-18-6-4-5-11(18)9-19-12/h10-12,15H,3-9H2,1-2H3. The zero-order chi connectivity index (χ0) is 13.9. The summed E-state index contributed by atoms with van der Waals surface area (Å²) in [4.78, 5) is 6.99. The summed E-state index contributed by atoms with van der Waals surface area (Å²) in [6, 6.07) is 0.954. The van der Waals surface area contributed by atoms with E-state index < -0.39 is 0 Å². The smallest absolute Gasteiger partial charge is 0.228 e. The van der Waals surface area contributed by atoms with E-state index in [9.17, 15) is 0 Å². The number of likely N-dealkylation sites (N-methyl/N-ethyl adjacent to an activating group) is 1. The second-order valence-electron chi connectivity index (χ2n) is 5.82. The van der Waals surface area contributed by atoms with E-state index in [1.165, 1.54) is 19.4 Å². The second-order valence-corrected chi connectivity index (χ2v) is 5.82. The summed E-state index contributed by atoms with van der Waals surface area (Å²) in [6.45, 7) is 8.03. The number of morpholine rings is 1. The van der Waals surface area contributed by atoms with Crippen molar-refractivity contribution < 1.29 is 9.26 Å². The molecular weight excluding hydrogens is 256 g/mol. The molecule has 0 radical (unpaired) electrons. The Morgan fingerprint density at radius 3 is 3.25 bits per heavy atom. The van der Waals surface area contributed by atoms with Gasteiger partial charge in [-0.15, -0.1) is 0 Å². The van der Waals surface area contributed by atoms with Crippen LogP contribution in [-0.4, -0.2) is 53.4 Å². The molecule has 2 fully saturated rings. The van der Waals surface area contributed by atoms with Gasteiger partial charge in [-0.05, 0) is 32.9 Å². The molecule has 2 aliphatic rings. The van der Waals surface area contributed by atoms with Crippen LogP contribution in [0, 0.1) is 0 Å². The lowest BCUT2D eigenvalue weighted by Gasteiger charge is -2.33. The molecule has 0 saturated carbocycles. The van der Waals surface area contributed by atoms with Crippen LogP contribution >= 0.6 is 0 Å². The third-order valence-electron chi connectivity index (χ3n) is 4.19. The fourth-order valence-electron chi connectivity index (χ4n) is 3.14. The predicted molar refractivity (Wildman–Crippen MR) is 74.4 cm³/mol. The molecule has 6 nitrogen and oxygen atoms in total. The zero-order valence-electron chi connectivity index (χ0n) is 12.3. The van der Waals surface area contributed by atoms with Crippen molar-refractivity contribution in [3.8, 4) is 0 Å². The highest BCUT2D eigenvalue weighted by atomic mass is 16.5. The highest BCUT2D eigenvalue weighted by molar-refractivity contribution is 4.97. The Labute approximate surface area is 119 Å². The van der Waals surface area contributed by atoms with Crippen molar-refractivity contribution in [2.45, 2.75) is 51.3 Å². The molecule has 20 heavy (non-hydrogen) atoms. The van der Waals surface area contributed by atoms with Crippen LogP contribution in [0.3, 0.4) is 0 Å². The molecule has 3 unspecified atom stereocenters. The van der Waals surface area contributed by atoms with E-state index in [4.69, 9.17) is 9.26 Å². The van der Waals surface area contributed by atoms with Crippen LogP contribution in [0.1, 0.15) is 44.5 Å². The SMILES string of the molecule is CCNC(C)Cc1nc(C2CN3CCCC3CO2)no1. The van der Waals surface area contributed by atoms with E-state index in [0.717, 1.165) is 26.1 Å². The summed E-state index contributed by atoms with van der Waals surface area (Å²) in [5.41, 5.74) is 0. The lowest BCUT2D eigenvalue weighted by atomic mass is 10.2. The van der Waals surface area contributed by atoms with Crippen LogP contribution in [0.2, 0.25) is 0 Å². The van der Waals surface area contributed by atoms with Crippen molar-refractivity contribution in [1.29, 1.82) is 0 Å². The van der Waals surface area contributed by atoms with Gasteiger partial charge in [-0.2, -0.15) is 4.98 Å². The lowest BCUT2D eigenvalue weighted by Crippen LogP contribution is -2.42. The average Bonchev–Trinajstić information content (AvgIpc) is 3.06. The third-order valence-corrected chi connectivity index (χ3v) is 4.19. The van der Waals surface area contributed by atoms with Gasteiger partial charge in [0.15, 0.2) is 0 Å². The molecule has 0 bridgehead atoms. The minimum absolute atomic E-state index is 0.0312. The fourth-order valence-corrected chi connectivity index (χ4v) is 3.14. The van der Waals surface area contributed by atoms with Gasteiger partial charge in [0.25, 0.3) is 0 Å². The fraction of sp³-hybridized carbons (Fsp3) is 0.857. The van der Waals surface area contributed by atoms with E-state index in [1.54, 1.807) is 0 Å². The lowest BCUT2D eigenvalue weighted by molar-refractivity contribution is -0.0548. The first kappa shape index (κ1) is 14.0. The van der Waals surface area contributed by atoms with Gasteiger partial charge in [-0.3, -0.25) is 4.90 Å². The Kier molecular flexibility index (Phi) is 4.33. The number of rotatable bonds is 5. The number of hydrogen-bond donors (Lipinski definition) is 1. The van der Waals surface area contributed by atoms with Crippen LogP contribution in [0.5, 0.6) is 0 Å². The number of nitrogens with one attached hydrogen (secondary N) is 1. The summed E-state index contributed by atoms with van der Waals surface area (Å²) >= 11 is 0. The van der Waals surface area contributed by atoms with Crippen LogP contribution in [-0.2, 0) is 11.2 Å². The molecule has 3 rings (SSSR count). The van der Waals surface area contributed by atoms with E-state index in [2.05, 4.69) is 34.2 Å². The second kappa shape index (κ2) is 6.20. The maximum absolute atomic E-state index is 5.90. The number of ether oxygens (including phenoxy) is 1. The molecule has 0 aromatic carbocycles. The Morgan fingerprint density at radius 1 is 1.50 bits per heavy atom. The molecule has 0 spiro atoms. The van der Waals surface area contributed by atoms with Crippen molar-refractivity contribution in [2.75, 3.05) is 26.2 Å².